The van der Waals surface area contributed by atoms with E-state index in [4.69, 9.17) is 8.85 Å². The van der Waals surface area contributed by atoms with Crippen molar-refractivity contribution in [1.82, 2.24) is 0 Å². The van der Waals surface area contributed by atoms with Crippen LogP contribution in [0.3, 0.4) is 0 Å². The molecule has 1 rings (SSSR count). The summed E-state index contributed by atoms with van der Waals surface area (Å²) in [5.41, 5.74) is 1.47. The third-order valence-corrected chi connectivity index (χ3v) is 8.17. The first-order chi connectivity index (χ1) is 5.75. The molecule has 0 N–H and O–H groups in total. The summed E-state index contributed by atoms with van der Waals surface area (Å²) in [7, 11) is 1.89. The molecule has 0 aliphatic carbocycles. The van der Waals surface area contributed by atoms with Crippen LogP contribution in [0.15, 0.2) is 0 Å². The molecule has 2 nitrogen and oxygen atoms in total. The predicted molar refractivity (Wildman–Crippen MR) is 52.5 cm³/mol. The zero-order valence-corrected chi connectivity index (χ0v) is 9.59. The minimum Gasteiger partial charge on any atom is -0.397 e. The molecule has 3 heteroatoms. The average Bonchev–Trinajstić information content (AvgIpc) is 2.07. The van der Waals surface area contributed by atoms with Crippen molar-refractivity contribution in [2.75, 3.05) is 14.2 Å². The van der Waals surface area contributed by atoms with Gasteiger partial charge in [0.2, 0.25) is 0 Å². The molecule has 12 heavy (non-hydrogen) atoms. The van der Waals surface area contributed by atoms with Crippen LogP contribution in [-0.4, -0.2) is 22.8 Å². The second-order valence-electron chi connectivity index (χ2n) is 3.58. The van der Waals surface area contributed by atoms with Crippen molar-refractivity contribution in [2.45, 2.75) is 44.2 Å². The topological polar surface area (TPSA) is 18.5 Å². The Morgan fingerprint density at radius 2 is 1.50 bits per heavy atom. The van der Waals surface area contributed by atoms with E-state index in [2.05, 4.69) is 13.8 Å². The Kier molecular flexibility index (Phi) is 3.32. The predicted octanol–water partition coefficient (Wildman–Crippen LogP) is 2.69. The monoisotopic (exact) mass is 188 g/mol. The summed E-state index contributed by atoms with van der Waals surface area (Å²) in [5, 5.41) is 0. The summed E-state index contributed by atoms with van der Waals surface area (Å²) >= 11 is 0. The van der Waals surface area contributed by atoms with Crippen LogP contribution in [0.25, 0.3) is 0 Å². The van der Waals surface area contributed by atoms with Gasteiger partial charge in [0.25, 0.3) is 0 Å². The Bertz CT molecular complexity index is 133. The lowest BCUT2D eigenvalue weighted by atomic mass is 10.1. The Hall–Kier alpha value is 0.137. The molecular formula is C9H20O2Si. The van der Waals surface area contributed by atoms with E-state index in [0.717, 1.165) is 11.1 Å². The molecule has 72 valence electrons. The molecule has 0 spiro atoms. The lowest BCUT2D eigenvalue weighted by Crippen LogP contribution is -2.57. The Morgan fingerprint density at radius 3 is 1.75 bits per heavy atom. The summed E-state index contributed by atoms with van der Waals surface area (Å²) in [5.74, 6) is 0. The Balaban J connectivity index is 2.65. The van der Waals surface area contributed by atoms with Crippen LogP contribution >= 0.6 is 0 Å². The molecule has 1 heterocycles. The maximum atomic E-state index is 5.65. The summed E-state index contributed by atoms with van der Waals surface area (Å²) < 4.78 is 11.3. The highest BCUT2D eigenvalue weighted by molar-refractivity contribution is 6.73. The van der Waals surface area contributed by atoms with E-state index in [0.29, 0.717) is 0 Å². The molecular weight excluding hydrogens is 168 g/mol. The van der Waals surface area contributed by atoms with E-state index in [1.807, 2.05) is 14.2 Å². The first kappa shape index (κ1) is 10.2. The van der Waals surface area contributed by atoms with E-state index >= 15 is 0 Å². The van der Waals surface area contributed by atoms with Crippen molar-refractivity contribution in [3.63, 3.8) is 0 Å². The van der Waals surface area contributed by atoms with Gasteiger partial charge in [0.15, 0.2) is 0 Å². The Morgan fingerprint density at radius 1 is 1.08 bits per heavy atom. The van der Waals surface area contributed by atoms with Gasteiger partial charge in [-0.3, -0.25) is 0 Å². The molecule has 1 aliphatic heterocycles. The van der Waals surface area contributed by atoms with Crippen molar-refractivity contribution in [3.05, 3.63) is 0 Å². The molecule has 2 atom stereocenters. The van der Waals surface area contributed by atoms with Gasteiger partial charge < -0.3 is 8.85 Å². The minimum absolute atomic E-state index is 0.734. The highest BCUT2D eigenvalue weighted by Gasteiger charge is 2.58. The van der Waals surface area contributed by atoms with E-state index in [1.165, 1.54) is 19.3 Å². The van der Waals surface area contributed by atoms with E-state index in [9.17, 15) is 0 Å². The van der Waals surface area contributed by atoms with Gasteiger partial charge in [-0.1, -0.05) is 26.7 Å². The second-order valence-corrected chi connectivity index (χ2v) is 7.47. The molecule has 0 aromatic carbocycles. The van der Waals surface area contributed by atoms with Gasteiger partial charge in [0, 0.05) is 25.3 Å². The summed E-state index contributed by atoms with van der Waals surface area (Å²) in [6.45, 7) is 4.46. The highest BCUT2D eigenvalue weighted by Crippen LogP contribution is 2.55. The first-order valence-corrected chi connectivity index (χ1v) is 6.82. The summed E-state index contributed by atoms with van der Waals surface area (Å²) in [6, 6.07) is 0. The van der Waals surface area contributed by atoms with Gasteiger partial charge in [-0.15, -0.1) is 0 Å². The lowest BCUT2D eigenvalue weighted by Gasteiger charge is -2.50. The third kappa shape index (κ3) is 1.24. The first-order valence-electron chi connectivity index (χ1n) is 4.85. The van der Waals surface area contributed by atoms with Gasteiger partial charge in [-0.25, -0.2) is 0 Å². The fourth-order valence-corrected chi connectivity index (χ4v) is 6.59. The van der Waals surface area contributed by atoms with Crippen LogP contribution in [0, 0.1) is 0 Å². The van der Waals surface area contributed by atoms with E-state index in [-0.39, 0.29) is 0 Å². The Labute approximate surface area is 76.5 Å². The van der Waals surface area contributed by atoms with Crippen molar-refractivity contribution in [3.8, 4) is 0 Å². The largest absolute Gasteiger partial charge is 0.397 e. The smallest absolute Gasteiger partial charge is 0.344 e. The molecule has 0 bridgehead atoms. The molecule has 0 aromatic heterocycles. The molecule has 1 fully saturated rings. The van der Waals surface area contributed by atoms with Gasteiger partial charge in [-0.2, -0.15) is 0 Å². The van der Waals surface area contributed by atoms with Gasteiger partial charge >= 0.3 is 8.56 Å². The maximum Gasteiger partial charge on any atom is 0.344 e. The molecule has 0 radical (unpaired) electrons. The number of hydrogen-bond acceptors (Lipinski definition) is 2. The summed E-state index contributed by atoms with van der Waals surface area (Å²) in [6.07, 6.45) is 3.75. The second kappa shape index (κ2) is 3.90. The lowest BCUT2D eigenvalue weighted by molar-refractivity contribution is 0.175. The SMILES string of the molecule is CCC1CC(CC)[Si]1(OC)OC. The van der Waals surface area contributed by atoms with Crippen LogP contribution in [0.5, 0.6) is 0 Å². The molecule has 2 unspecified atom stereocenters. The van der Waals surface area contributed by atoms with Crippen LogP contribution in [0.4, 0.5) is 0 Å². The fourth-order valence-electron chi connectivity index (χ4n) is 2.50. The zero-order chi connectivity index (χ0) is 9.19. The van der Waals surface area contributed by atoms with Crippen LogP contribution in [0.2, 0.25) is 11.1 Å². The van der Waals surface area contributed by atoms with Crippen molar-refractivity contribution in [2.24, 2.45) is 0 Å². The van der Waals surface area contributed by atoms with Crippen LogP contribution < -0.4 is 0 Å². The van der Waals surface area contributed by atoms with Crippen molar-refractivity contribution in [1.29, 1.82) is 0 Å². The van der Waals surface area contributed by atoms with Crippen molar-refractivity contribution < 1.29 is 8.85 Å². The quantitative estimate of drug-likeness (QED) is 0.632. The molecule has 1 aliphatic rings. The normalized spacial score (nSPS) is 33.0. The summed E-state index contributed by atoms with van der Waals surface area (Å²) in [4.78, 5) is 0. The highest BCUT2D eigenvalue weighted by atomic mass is 28.4. The van der Waals surface area contributed by atoms with Crippen molar-refractivity contribution >= 4 is 8.56 Å². The standard InChI is InChI=1S/C9H20O2Si/c1-5-8-7-9(6-2)12(8,10-3)11-4/h8-9H,5-7H2,1-4H3. The van der Waals surface area contributed by atoms with Crippen LogP contribution in [0.1, 0.15) is 33.1 Å². The van der Waals surface area contributed by atoms with E-state index < -0.39 is 8.56 Å². The minimum atomic E-state index is -1.75. The molecule has 1 saturated heterocycles. The van der Waals surface area contributed by atoms with Gasteiger partial charge in [0.05, 0.1) is 0 Å². The molecule has 0 amide bonds. The third-order valence-electron chi connectivity index (χ3n) is 3.33. The van der Waals surface area contributed by atoms with Gasteiger partial charge in [-0.05, 0) is 6.42 Å². The molecule has 0 saturated carbocycles. The zero-order valence-electron chi connectivity index (χ0n) is 8.59. The fraction of sp³-hybridized carbons (Fsp3) is 1.00. The number of rotatable bonds is 4. The van der Waals surface area contributed by atoms with Gasteiger partial charge in [0.1, 0.15) is 0 Å². The van der Waals surface area contributed by atoms with Crippen LogP contribution in [-0.2, 0) is 8.85 Å². The van der Waals surface area contributed by atoms with E-state index in [1.54, 1.807) is 0 Å². The average molecular weight is 188 g/mol. The molecule has 0 aromatic rings. The maximum absolute atomic E-state index is 5.65. The number of hydrogen-bond donors (Lipinski definition) is 0.